The van der Waals surface area contributed by atoms with Gasteiger partial charge in [-0.2, -0.15) is 0 Å². The number of anilines is 1. The van der Waals surface area contributed by atoms with Crippen LogP contribution in [-0.2, 0) is 20.9 Å². The number of nitrogens with two attached hydrogens (primary N) is 1. The molecule has 0 aliphatic heterocycles. The van der Waals surface area contributed by atoms with Gasteiger partial charge in [-0.1, -0.05) is 0 Å². The number of pyridine rings is 1. The standard InChI is InChI=1S/C11H15N3O4/c1-7(11(17)18-2)13-9(15)6-14-5-8(12)3-4-10(14)16/h3-5,7H,6,12H2,1-2H3,(H,13,15). The van der Waals surface area contributed by atoms with E-state index in [1.807, 2.05) is 0 Å². The second-order valence-electron chi connectivity index (χ2n) is 3.74. The third kappa shape index (κ3) is 3.62. The van der Waals surface area contributed by atoms with E-state index in [0.29, 0.717) is 5.69 Å². The van der Waals surface area contributed by atoms with Crippen LogP contribution >= 0.6 is 0 Å². The van der Waals surface area contributed by atoms with Crippen molar-refractivity contribution in [2.45, 2.75) is 19.5 Å². The first-order valence-electron chi connectivity index (χ1n) is 5.27. The molecular weight excluding hydrogens is 238 g/mol. The van der Waals surface area contributed by atoms with Crippen molar-refractivity contribution in [1.29, 1.82) is 0 Å². The van der Waals surface area contributed by atoms with E-state index in [0.717, 1.165) is 4.57 Å². The third-order valence-corrected chi connectivity index (χ3v) is 2.25. The Kier molecular flexibility index (Phi) is 4.47. The number of methoxy groups -OCH3 is 1. The van der Waals surface area contributed by atoms with Gasteiger partial charge in [0.2, 0.25) is 5.91 Å². The topological polar surface area (TPSA) is 103 Å². The van der Waals surface area contributed by atoms with Crippen molar-refractivity contribution in [3.8, 4) is 0 Å². The van der Waals surface area contributed by atoms with Crippen molar-refractivity contribution in [2.75, 3.05) is 12.8 Å². The summed E-state index contributed by atoms with van der Waals surface area (Å²) in [4.78, 5) is 34.1. The smallest absolute Gasteiger partial charge is 0.328 e. The van der Waals surface area contributed by atoms with E-state index in [-0.39, 0.29) is 12.1 Å². The molecule has 1 aromatic rings. The van der Waals surface area contributed by atoms with Crippen molar-refractivity contribution in [1.82, 2.24) is 9.88 Å². The Hall–Kier alpha value is -2.31. The molecule has 7 nitrogen and oxygen atoms in total. The van der Waals surface area contributed by atoms with Crippen molar-refractivity contribution in [3.05, 3.63) is 28.7 Å². The lowest BCUT2D eigenvalue weighted by atomic mass is 10.3. The Morgan fingerprint density at radius 2 is 2.17 bits per heavy atom. The van der Waals surface area contributed by atoms with Gasteiger partial charge in [-0.3, -0.25) is 9.59 Å². The van der Waals surface area contributed by atoms with Gasteiger partial charge in [-0.25, -0.2) is 4.79 Å². The van der Waals surface area contributed by atoms with Crippen molar-refractivity contribution in [3.63, 3.8) is 0 Å². The fourth-order valence-electron chi connectivity index (χ4n) is 1.35. The Balaban J connectivity index is 2.68. The Bertz CT molecular complexity index is 509. The molecule has 0 radical (unpaired) electrons. The van der Waals surface area contributed by atoms with Crippen molar-refractivity contribution in [2.24, 2.45) is 0 Å². The van der Waals surface area contributed by atoms with Gasteiger partial charge >= 0.3 is 5.97 Å². The van der Waals surface area contributed by atoms with Gasteiger partial charge in [0.05, 0.1) is 7.11 Å². The zero-order valence-electron chi connectivity index (χ0n) is 10.2. The summed E-state index contributed by atoms with van der Waals surface area (Å²) in [6.07, 6.45) is 1.37. The Labute approximate surface area is 104 Å². The fourth-order valence-corrected chi connectivity index (χ4v) is 1.35. The van der Waals surface area contributed by atoms with Crippen LogP contribution in [0.3, 0.4) is 0 Å². The van der Waals surface area contributed by atoms with Gasteiger partial charge in [0.25, 0.3) is 5.56 Å². The molecule has 1 rings (SSSR count). The van der Waals surface area contributed by atoms with Gasteiger partial charge in [0, 0.05) is 18.0 Å². The highest BCUT2D eigenvalue weighted by Gasteiger charge is 2.16. The first-order valence-corrected chi connectivity index (χ1v) is 5.27. The fraction of sp³-hybridized carbons (Fsp3) is 0.364. The number of nitrogen functional groups attached to an aromatic ring is 1. The highest BCUT2D eigenvalue weighted by Crippen LogP contribution is 1.96. The minimum Gasteiger partial charge on any atom is -0.467 e. The molecule has 98 valence electrons. The summed E-state index contributed by atoms with van der Waals surface area (Å²) < 4.78 is 5.63. The van der Waals surface area contributed by atoms with Gasteiger partial charge in [0.15, 0.2) is 0 Å². The predicted molar refractivity (Wildman–Crippen MR) is 64.7 cm³/mol. The number of nitrogens with zero attached hydrogens (tertiary/aromatic N) is 1. The summed E-state index contributed by atoms with van der Waals surface area (Å²) in [6.45, 7) is 1.29. The number of nitrogens with one attached hydrogen (secondary N) is 1. The molecule has 3 N–H and O–H groups in total. The number of carbonyl (C=O) groups is 2. The summed E-state index contributed by atoms with van der Waals surface area (Å²) in [6, 6.07) is 1.96. The molecule has 0 aromatic carbocycles. The molecule has 0 aliphatic rings. The molecule has 1 heterocycles. The number of carbonyl (C=O) groups excluding carboxylic acids is 2. The van der Waals surface area contributed by atoms with Gasteiger partial charge in [-0.05, 0) is 13.0 Å². The number of hydrogen-bond donors (Lipinski definition) is 2. The molecule has 0 aliphatic carbocycles. The lowest BCUT2D eigenvalue weighted by Crippen LogP contribution is -2.41. The molecule has 1 unspecified atom stereocenters. The summed E-state index contributed by atoms with van der Waals surface area (Å²) in [5.74, 6) is -1.02. The second kappa shape index (κ2) is 5.85. The van der Waals surface area contributed by atoms with Crippen LogP contribution in [0.2, 0.25) is 0 Å². The maximum atomic E-state index is 11.6. The Morgan fingerprint density at radius 1 is 1.50 bits per heavy atom. The second-order valence-corrected chi connectivity index (χ2v) is 3.74. The zero-order valence-corrected chi connectivity index (χ0v) is 10.2. The maximum absolute atomic E-state index is 11.6. The van der Waals surface area contributed by atoms with E-state index in [1.165, 1.54) is 32.4 Å². The number of esters is 1. The van der Waals surface area contributed by atoms with E-state index in [9.17, 15) is 14.4 Å². The van der Waals surface area contributed by atoms with Crippen LogP contribution in [-0.4, -0.2) is 29.6 Å². The number of amides is 1. The largest absolute Gasteiger partial charge is 0.467 e. The molecule has 0 bridgehead atoms. The van der Waals surface area contributed by atoms with Gasteiger partial charge in [-0.15, -0.1) is 0 Å². The van der Waals surface area contributed by atoms with E-state index >= 15 is 0 Å². The van der Waals surface area contributed by atoms with Crippen LogP contribution in [0.4, 0.5) is 5.69 Å². The normalized spacial score (nSPS) is 11.7. The average molecular weight is 253 g/mol. The molecule has 18 heavy (non-hydrogen) atoms. The minimum absolute atomic E-state index is 0.203. The van der Waals surface area contributed by atoms with Crippen LogP contribution in [0.5, 0.6) is 0 Å². The number of aromatic nitrogens is 1. The quantitative estimate of drug-likeness (QED) is 0.677. The molecule has 7 heteroatoms. The monoisotopic (exact) mass is 253 g/mol. The number of hydrogen-bond acceptors (Lipinski definition) is 5. The summed E-state index contributed by atoms with van der Waals surface area (Å²) in [5, 5.41) is 2.41. The maximum Gasteiger partial charge on any atom is 0.328 e. The molecule has 1 aromatic heterocycles. The molecule has 0 fully saturated rings. The van der Waals surface area contributed by atoms with Crippen molar-refractivity contribution < 1.29 is 14.3 Å². The highest BCUT2D eigenvalue weighted by atomic mass is 16.5. The van der Waals surface area contributed by atoms with E-state index in [1.54, 1.807) is 0 Å². The molecular formula is C11H15N3O4. The van der Waals surface area contributed by atoms with Gasteiger partial charge < -0.3 is 20.4 Å². The molecule has 1 atom stereocenters. The first kappa shape index (κ1) is 13.8. The van der Waals surface area contributed by atoms with Crippen LogP contribution in [0, 0.1) is 0 Å². The van der Waals surface area contributed by atoms with Crippen LogP contribution < -0.4 is 16.6 Å². The molecule has 0 saturated carbocycles. The third-order valence-electron chi connectivity index (χ3n) is 2.25. The summed E-state index contributed by atoms with van der Waals surface area (Å²) >= 11 is 0. The molecule has 0 saturated heterocycles. The van der Waals surface area contributed by atoms with Crippen LogP contribution in [0.15, 0.2) is 23.1 Å². The lowest BCUT2D eigenvalue weighted by molar-refractivity contribution is -0.144. The number of rotatable bonds is 4. The van der Waals surface area contributed by atoms with E-state index in [2.05, 4.69) is 10.1 Å². The first-order chi connectivity index (χ1) is 8.43. The molecule has 0 spiro atoms. The van der Waals surface area contributed by atoms with Crippen LogP contribution in [0.25, 0.3) is 0 Å². The van der Waals surface area contributed by atoms with E-state index < -0.39 is 17.9 Å². The minimum atomic E-state index is -0.765. The average Bonchev–Trinajstić information content (AvgIpc) is 2.32. The summed E-state index contributed by atoms with van der Waals surface area (Å²) in [5.41, 5.74) is 5.54. The SMILES string of the molecule is COC(=O)C(C)NC(=O)Cn1cc(N)ccc1=O. The zero-order chi connectivity index (χ0) is 13.7. The van der Waals surface area contributed by atoms with E-state index in [4.69, 9.17) is 5.73 Å². The predicted octanol–water partition coefficient (Wildman–Crippen LogP) is -0.892. The van der Waals surface area contributed by atoms with Crippen LogP contribution in [0.1, 0.15) is 6.92 Å². The number of ether oxygens (including phenoxy) is 1. The highest BCUT2D eigenvalue weighted by molar-refractivity contribution is 5.83. The van der Waals surface area contributed by atoms with Crippen molar-refractivity contribution >= 4 is 17.6 Å². The molecule has 1 amide bonds. The summed E-state index contributed by atoms with van der Waals surface area (Å²) in [7, 11) is 1.23. The van der Waals surface area contributed by atoms with Gasteiger partial charge in [0.1, 0.15) is 12.6 Å². The Morgan fingerprint density at radius 3 is 2.78 bits per heavy atom. The lowest BCUT2D eigenvalue weighted by Gasteiger charge is -2.12.